The van der Waals surface area contributed by atoms with E-state index in [1.807, 2.05) is 6.92 Å². The second kappa shape index (κ2) is 7.97. The van der Waals surface area contributed by atoms with Crippen LogP contribution < -0.4 is 14.8 Å². The third kappa shape index (κ3) is 3.59. The monoisotopic (exact) mass is 445 g/mol. The first-order valence-electron chi connectivity index (χ1n) is 8.89. The molecule has 4 rings (SSSR count). The van der Waals surface area contributed by atoms with Gasteiger partial charge in [0, 0.05) is 17.5 Å². The lowest BCUT2D eigenvalue weighted by atomic mass is 10.2. The van der Waals surface area contributed by atoms with Crippen LogP contribution in [0.25, 0.3) is 15.9 Å². The molecule has 0 unspecified atom stereocenters. The lowest BCUT2D eigenvalue weighted by molar-refractivity contribution is 0.103. The Hall–Kier alpha value is -3.10. The summed E-state index contributed by atoms with van der Waals surface area (Å²) in [7, 11) is 2.99. The fourth-order valence-corrected chi connectivity index (χ4v) is 4.37. The summed E-state index contributed by atoms with van der Waals surface area (Å²) in [5, 5.41) is 8.60. The molecular weight excluding hydrogens is 429 g/mol. The molecule has 0 saturated carbocycles. The van der Waals surface area contributed by atoms with Gasteiger partial charge in [-0.1, -0.05) is 11.6 Å². The van der Waals surface area contributed by atoms with Crippen LogP contribution in [0.2, 0.25) is 5.02 Å². The van der Waals surface area contributed by atoms with Crippen molar-refractivity contribution in [2.24, 2.45) is 0 Å². The Morgan fingerprint density at radius 2 is 1.83 bits per heavy atom. The molecule has 2 aromatic heterocycles. The smallest absolute Gasteiger partial charge is 0.265 e. The van der Waals surface area contributed by atoms with Crippen molar-refractivity contribution >= 4 is 44.7 Å². The maximum absolute atomic E-state index is 13.3. The number of fused-ring (bicyclic) bond motifs is 1. The number of halogens is 2. The van der Waals surface area contributed by atoms with Gasteiger partial charge < -0.3 is 14.8 Å². The maximum Gasteiger partial charge on any atom is 0.265 e. The number of thiophene rings is 1. The van der Waals surface area contributed by atoms with E-state index in [0.717, 1.165) is 15.9 Å². The molecule has 0 aliphatic heterocycles. The predicted molar refractivity (Wildman–Crippen MR) is 116 cm³/mol. The molecule has 0 spiro atoms. The van der Waals surface area contributed by atoms with Gasteiger partial charge in [0.1, 0.15) is 22.1 Å². The number of methoxy groups -OCH3 is 2. The third-order valence-electron chi connectivity index (χ3n) is 4.56. The molecule has 9 heteroatoms. The van der Waals surface area contributed by atoms with Gasteiger partial charge in [-0.3, -0.25) is 4.79 Å². The van der Waals surface area contributed by atoms with E-state index in [-0.39, 0.29) is 11.7 Å². The van der Waals surface area contributed by atoms with Crippen molar-refractivity contribution in [3.63, 3.8) is 0 Å². The summed E-state index contributed by atoms with van der Waals surface area (Å²) < 4.78 is 25.5. The van der Waals surface area contributed by atoms with Crippen LogP contribution in [0.15, 0.2) is 42.5 Å². The molecule has 1 amide bonds. The highest BCUT2D eigenvalue weighted by molar-refractivity contribution is 7.20. The summed E-state index contributed by atoms with van der Waals surface area (Å²) in [5.74, 6) is 0.220. The molecule has 0 radical (unpaired) electrons. The van der Waals surface area contributed by atoms with Gasteiger partial charge in [0.25, 0.3) is 5.91 Å². The van der Waals surface area contributed by atoms with Gasteiger partial charge in [0.2, 0.25) is 0 Å². The maximum atomic E-state index is 13.3. The Bertz CT molecular complexity index is 1250. The summed E-state index contributed by atoms with van der Waals surface area (Å²) in [6.45, 7) is 1.86. The first kappa shape index (κ1) is 20.2. The minimum atomic E-state index is -0.322. The molecule has 0 aliphatic rings. The molecule has 0 atom stereocenters. The van der Waals surface area contributed by atoms with Gasteiger partial charge in [-0.2, -0.15) is 5.10 Å². The van der Waals surface area contributed by atoms with E-state index in [2.05, 4.69) is 10.4 Å². The zero-order valence-corrected chi connectivity index (χ0v) is 17.9. The first-order chi connectivity index (χ1) is 14.4. The largest absolute Gasteiger partial charge is 0.495 e. The van der Waals surface area contributed by atoms with Crippen LogP contribution >= 0.6 is 22.9 Å². The van der Waals surface area contributed by atoms with Crippen LogP contribution in [0, 0.1) is 12.7 Å². The SMILES string of the molecule is COc1cc(NC(=O)c2cc3c(C)nn(-c4ccc(F)cc4)c3s2)c(OC)cc1Cl. The van der Waals surface area contributed by atoms with Crippen molar-refractivity contribution in [1.82, 2.24) is 9.78 Å². The quantitative estimate of drug-likeness (QED) is 0.443. The number of carbonyl (C=O) groups excluding carboxylic acids is 1. The summed E-state index contributed by atoms with van der Waals surface area (Å²) in [6.07, 6.45) is 0. The number of hydrogen-bond acceptors (Lipinski definition) is 5. The van der Waals surface area contributed by atoms with Crippen molar-refractivity contribution in [3.05, 3.63) is 63.9 Å². The molecular formula is C21H17ClFN3O3S. The van der Waals surface area contributed by atoms with Gasteiger partial charge in [0.05, 0.1) is 41.2 Å². The summed E-state index contributed by atoms with van der Waals surface area (Å²) >= 11 is 7.42. The average molecular weight is 446 g/mol. The molecule has 4 aromatic rings. The van der Waals surface area contributed by atoms with E-state index in [1.165, 1.54) is 37.7 Å². The van der Waals surface area contributed by atoms with Crippen LogP contribution in [-0.2, 0) is 0 Å². The Morgan fingerprint density at radius 1 is 1.13 bits per heavy atom. The first-order valence-corrected chi connectivity index (χ1v) is 10.1. The number of hydrogen-bond donors (Lipinski definition) is 1. The van der Waals surface area contributed by atoms with Crippen molar-refractivity contribution in [2.45, 2.75) is 6.92 Å². The number of ether oxygens (including phenoxy) is 2. The van der Waals surface area contributed by atoms with E-state index in [1.54, 1.807) is 35.0 Å². The summed E-state index contributed by atoms with van der Waals surface area (Å²) in [6, 6.07) is 11.0. The molecule has 0 bridgehead atoms. The molecule has 30 heavy (non-hydrogen) atoms. The number of carbonyl (C=O) groups is 1. The third-order valence-corrected chi connectivity index (χ3v) is 5.97. The molecule has 0 saturated heterocycles. The number of anilines is 1. The van der Waals surface area contributed by atoms with Gasteiger partial charge in [-0.05, 0) is 37.3 Å². The van der Waals surface area contributed by atoms with E-state index >= 15 is 0 Å². The second-order valence-corrected chi connectivity index (χ2v) is 7.88. The molecule has 2 aromatic carbocycles. The zero-order valence-electron chi connectivity index (χ0n) is 16.3. The Morgan fingerprint density at radius 3 is 2.50 bits per heavy atom. The lowest BCUT2D eigenvalue weighted by Gasteiger charge is -2.12. The lowest BCUT2D eigenvalue weighted by Crippen LogP contribution is -2.11. The molecule has 154 valence electrons. The number of benzene rings is 2. The van der Waals surface area contributed by atoms with Crippen LogP contribution in [0.5, 0.6) is 11.5 Å². The Balaban J connectivity index is 1.70. The van der Waals surface area contributed by atoms with E-state index in [9.17, 15) is 9.18 Å². The van der Waals surface area contributed by atoms with Crippen LogP contribution in [0.3, 0.4) is 0 Å². The number of amides is 1. The fraction of sp³-hybridized carbons (Fsp3) is 0.143. The van der Waals surface area contributed by atoms with Crippen molar-refractivity contribution < 1.29 is 18.7 Å². The molecule has 1 N–H and O–H groups in total. The van der Waals surface area contributed by atoms with Crippen molar-refractivity contribution in [3.8, 4) is 17.2 Å². The van der Waals surface area contributed by atoms with Gasteiger partial charge >= 0.3 is 0 Å². The number of rotatable bonds is 5. The van der Waals surface area contributed by atoms with Gasteiger partial charge in [-0.25, -0.2) is 9.07 Å². The highest BCUT2D eigenvalue weighted by Crippen LogP contribution is 2.37. The predicted octanol–water partition coefficient (Wildman–Crippen LogP) is 5.46. The fourth-order valence-electron chi connectivity index (χ4n) is 3.06. The standard InChI is InChI=1S/C21H17ClFN3O3S/c1-11-14-8-19(30-21(14)26(25-11)13-6-4-12(23)5-7-13)20(27)24-16-10-17(28-2)15(22)9-18(16)29-3/h4-10H,1-3H3,(H,24,27). The van der Waals surface area contributed by atoms with Crippen LogP contribution in [0.1, 0.15) is 15.4 Å². The molecule has 0 aliphatic carbocycles. The molecule has 0 fully saturated rings. The minimum Gasteiger partial charge on any atom is -0.495 e. The van der Waals surface area contributed by atoms with Crippen LogP contribution in [-0.4, -0.2) is 29.9 Å². The van der Waals surface area contributed by atoms with E-state index in [0.29, 0.717) is 32.8 Å². The average Bonchev–Trinajstić information content (AvgIpc) is 3.30. The molecule has 2 heterocycles. The second-order valence-electron chi connectivity index (χ2n) is 6.44. The normalized spacial score (nSPS) is 11.0. The Kier molecular flexibility index (Phi) is 5.36. The summed E-state index contributed by atoms with van der Waals surface area (Å²) in [4.78, 5) is 14.2. The van der Waals surface area contributed by atoms with Gasteiger partial charge in [-0.15, -0.1) is 11.3 Å². The van der Waals surface area contributed by atoms with E-state index in [4.69, 9.17) is 21.1 Å². The number of aryl methyl sites for hydroxylation is 1. The van der Waals surface area contributed by atoms with Crippen molar-refractivity contribution in [1.29, 1.82) is 0 Å². The van der Waals surface area contributed by atoms with Crippen LogP contribution in [0.4, 0.5) is 10.1 Å². The number of nitrogens with one attached hydrogen (secondary N) is 1. The number of aromatic nitrogens is 2. The topological polar surface area (TPSA) is 65.4 Å². The summed E-state index contributed by atoms with van der Waals surface area (Å²) in [5.41, 5.74) is 1.93. The van der Waals surface area contributed by atoms with Crippen molar-refractivity contribution in [2.75, 3.05) is 19.5 Å². The number of nitrogens with zero attached hydrogens (tertiary/aromatic N) is 2. The highest BCUT2D eigenvalue weighted by Gasteiger charge is 2.19. The van der Waals surface area contributed by atoms with E-state index < -0.39 is 0 Å². The highest BCUT2D eigenvalue weighted by atomic mass is 35.5. The zero-order chi connectivity index (χ0) is 21.4. The van der Waals surface area contributed by atoms with Gasteiger partial charge in [0.15, 0.2) is 0 Å². The Labute approximate surface area is 180 Å². The minimum absolute atomic E-state index is 0.302. The molecule has 6 nitrogen and oxygen atoms in total.